The lowest BCUT2D eigenvalue weighted by Crippen LogP contribution is -2.05. The van der Waals surface area contributed by atoms with Crippen LogP contribution in [0, 0.1) is 6.92 Å². The predicted molar refractivity (Wildman–Crippen MR) is 74.0 cm³/mol. The van der Waals surface area contributed by atoms with Crippen LogP contribution in [0.15, 0.2) is 40.4 Å². The number of hydrogen-bond acceptors (Lipinski definition) is 3. The molecule has 1 heterocycles. The lowest BCUT2D eigenvalue weighted by Gasteiger charge is -2.09. The summed E-state index contributed by atoms with van der Waals surface area (Å²) in [4.78, 5) is 4.60. The van der Waals surface area contributed by atoms with Gasteiger partial charge in [-0.1, -0.05) is 23.4 Å². The van der Waals surface area contributed by atoms with E-state index in [0.29, 0.717) is 15.7 Å². The van der Waals surface area contributed by atoms with Crippen LogP contribution in [0.25, 0.3) is 0 Å². The lowest BCUT2D eigenvalue weighted by atomic mass is 10.2. The zero-order valence-corrected chi connectivity index (χ0v) is 11.9. The maximum Gasteiger partial charge on any atom is 0.417 e. The van der Waals surface area contributed by atoms with Crippen molar-refractivity contribution in [3.05, 3.63) is 46.6 Å². The number of alkyl halides is 3. The minimum absolute atomic E-state index is 0.407. The quantitative estimate of drug-likeness (QED) is 0.809. The van der Waals surface area contributed by atoms with E-state index in [1.54, 1.807) is 12.1 Å². The highest BCUT2D eigenvalue weighted by Gasteiger charge is 2.30. The van der Waals surface area contributed by atoms with E-state index in [0.717, 1.165) is 22.7 Å². The molecular formula is C13H10ClF3N2S. The normalized spacial score (nSPS) is 11.7. The van der Waals surface area contributed by atoms with Gasteiger partial charge in [-0.2, -0.15) is 13.2 Å². The van der Waals surface area contributed by atoms with Crippen molar-refractivity contribution in [3.8, 4) is 0 Å². The predicted octanol–water partition coefficient (Wildman–Crippen LogP) is 4.80. The highest BCUT2D eigenvalue weighted by Crippen LogP contribution is 2.35. The van der Waals surface area contributed by atoms with Crippen molar-refractivity contribution in [2.24, 2.45) is 0 Å². The Bertz CT molecular complexity index is 627. The number of rotatable bonds is 2. The van der Waals surface area contributed by atoms with Crippen molar-refractivity contribution in [2.45, 2.75) is 23.0 Å². The van der Waals surface area contributed by atoms with Crippen molar-refractivity contribution >= 4 is 29.1 Å². The zero-order valence-electron chi connectivity index (χ0n) is 10.3. The Kier molecular flexibility index (Phi) is 4.15. The second kappa shape index (κ2) is 5.54. The number of hydrogen-bond donors (Lipinski definition) is 1. The number of pyridine rings is 1. The van der Waals surface area contributed by atoms with Gasteiger partial charge in [-0.05, 0) is 36.8 Å². The van der Waals surface area contributed by atoms with Crippen molar-refractivity contribution in [2.75, 3.05) is 5.73 Å². The molecule has 0 fully saturated rings. The van der Waals surface area contributed by atoms with E-state index in [-0.39, 0.29) is 0 Å². The SMILES string of the molecule is Cc1cc(N)c(Cl)cc1Sc1ccc(C(F)(F)F)cn1. The van der Waals surface area contributed by atoms with Crippen LogP contribution in [0.4, 0.5) is 18.9 Å². The lowest BCUT2D eigenvalue weighted by molar-refractivity contribution is -0.137. The summed E-state index contributed by atoms with van der Waals surface area (Å²) in [5.74, 6) is 0. The Balaban J connectivity index is 2.25. The second-order valence-corrected chi connectivity index (χ2v) is 5.59. The van der Waals surface area contributed by atoms with Gasteiger partial charge in [-0.15, -0.1) is 0 Å². The summed E-state index contributed by atoms with van der Waals surface area (Å²) in [6.07, 6.45) is -3.56. The molecule has 2 aromatic rings. The highest BCUT2D eigenvalue weighted by molar-refractivity contribution is 7.99. The molecule has 0 bridgehead atoms. The number of aromatic nitrogens is 1. The van der Waals surface area contributed by atoms with Crippen LogP contribution in [0.1, 0.15) is 11.1 Å². The van der Waals surface area contributed by atoms with Gasteiger partial charge in [0.2, 0.25) is 0 Å². The average Bonchev–Trinajstić information content (AvgIpc) is 2.35. The van der Waals surface area contributed by atoms with Crippen molar-refractivity contribution < 1.29 is 13.2 Å². The Hall–Kier alpha value is -1.40. The molecule has 0 aliphatic heterocycles. The maximum atomic E-state index is 12.4. The van der Waals surface area contributed by atoms with Gasteiger partial charge in [0.1, 0.15) is 5.03 Å². The number of aryl methyl sites for hydroxylation is 1. The summed E-state index contributed by atoms with van der Waals surface area (Å²) in [7, 11) is 0. The second-order valence-electron chi connectivity index (χ2n) is 4.12. The van der Waals surface area contributed by atoms with Gasteiger partial charge in [0, 0.05) is 11.1 Å². The van der Waals surface area contributed by atoms with E-state index in [1.165, 1.54) is 17.8 Å². The summed E-state index contributed by atoms with van der Waals surface area (Å²) in [5, 5.41) is 0.868. The monoisotopic (exact) mass is 318 g/mol. The molecule has 0 amide bonds. The standard InChI is InChI=1S/C13H10ClF3N2S/c1-7-4-10(18)9(14)5-11(7)20-12-3-2-8(6-19-12)13(15,16)17/h2-6H,18H2,1H3. The Morgan fingerprint density at radius 1 is 1.25 bits per heavy atom. The van der Waals surface area contributed by atoms with Gasteiger partial charge >= 0.3 is 6.18 Å². The first-order valence-electron chi connectivity index (χ1n) is 5.54. The number of benzene rings is 1. The van der Waals surface area contributed by atoms with Crippen LogP contribution < -0.4 is 5.73 Å². The smallest absolute Gasteiger partial charge is 0.398 e. The van der Waals surface area contributed by atoms with Crippen molar-refractivity contribution in [3.63, 3.8) is 0 Å². The maximum absolute atomic E-state index is 12.4. The summed E-state index contributed by atoms with van der Waals surface area (Å²) in [6, 6.07) is 5.73. The topological polar surface area (TPSA) is 38.9 Å². The molecule has 2 nitrogen and oxygen atoms in total. The highest BCUT2D eigenvalue weighted by atomic mass is 35.5. The molecule has 20 heavy (non-hydrogen) atoms. The van der Waals surface area contributed by atoms with Gasteiger partial charge in [0.15, 0.2) is 0 Å². The summed E-state index contributed by atoms with van der Waals surface area (Å²) >= 11 is 7.17. The molecule has 1 aromatic heterocycles. The molecule has 0 radical (unpaired) electrons. The number of anilines is 1. The van der Waals surface area contributed by atoms with E-state index in [1.807, 2.05) is 6.92 Å². The molecule has 0 aliphatic rings. The molecule has 0 saturated carbocycles. The number of nitrogens with zero attached hydrogens (tertiary/aromatic N) is 1. The van der Waals surface area contributed by atoms with Crippen LogP contribution in [0.3, 0.4) is 0 Å². The molecule has 2 rings (SSSR count). The summed E-state index contributed by atoms with van der Waals surface area (Å²) < 4.78 is 37.3. The zero-order chi connectivity index (χ0) is 14.9. The molecule has 0 aliphatic carbocycles. The third kappa shape index (κ3) is 3.37. The third-order valence-electron chi connectivity index (χ3n) is 2.57. The van der Waals surface area contributed by atoms with Gasteiger partial charge in [0.05, 0.1) is 16.3 Å². The Morgan fingerprint density at radius 2 is 1.95 bits per heavy atom. The Morgan fingerprint density at radius 3 is 2.50 bits per heavy atom. The average molecular weight is 319 g/mol. The third-order valence-corrected chi connectivity index (χ3v) is 4.01. The molecule has 1 aromatic carbocycles. The van der Waals surface area contributed by atoms with Crippen molar-refractivity contribution in [1.82, 2.24) is 4.98 Å². The molecule has 0 atom stereocenters. The van der Waals surface area contributed by atoms with E-state index < -0.39 is 11.7 Å². The van der Waals surface area contributed by atoms with E-state index >= 15 is 0 Å². The van der Waals surface area contributed by atoms with Crippen LogP contribution in [-0.4, -0.2) is 4.98 Å². The number of halogens is 4. The van der Waals surface area contributed by atoms with Crippen LogP contribution in [0.2, 0.25) is 5.02 Å². The first kappa shape index (κ1) is 15.0. The largest absolute Gasteiger partial charge is 0.417 e. The first-order chi connectivity index (χ1) is 9.27. The number of nitrogens with two attached hydrogens (primary N) is 1. The summed E-state index contributed by atoms with van der Waals surface area (Å²) in [6.45, 7) is 1.85. The fourth-order valence-corrected chi connectivity index (χ4v) is 2.61. The van der Waals surface area contributed by atoms with Gasteiger partial charge in [-0.25, -0.2) is 4.98 Å². The first-order valence-corrected chi connectivity index (χ1v) is 6.73. The molecule has 0 saturated heterocycles. The minimum atomic E-state index is -4.38. The van der Waals surface area contributed by atoms with Gasteiger partial charge in [-0.3, -0.25) is 0 Å². The fourth-order valence-electron chi connectivity index (χ4n) is 1.52. The van der Waals surface area contributed by atoms with E-state index in [4.69, 9.17) is 17.3 Å². The van der Waals surface area contributed by atoms with E-state index in [2.05, 4.69) is 4.98 Å². The van der Waals surface area contributed by atoms with Gasteiger partial charge < -0.3 is 5.73 Å². The molecule has 106 valence electrons. The molecule has 0 unspecified atom stereocenters. The minimum Gasteiger partial charge on any atom is -0.398 e. The van der Waals surface area contributed by atoms with Crippen LogP contribution >= 0.6 is 23.4 Å². The van der Waals surface area contributed by atoms with E-state index in [9.17, 15) is 13.2 Å². The van der Waals surface area contributed by atoms with Crippen molar-refractivity contribution in [1.29, 1.82) is 0 Å². The molecule has 0 spiro atoms. The van der Waals surface area contributed by atoms with Crippen LogP contribution in [-0.2, 0) is 6.18 Å². The molecule has 7 heteroatoms. The number of nitrogen functional groups attached to an aromatic ring is 1. The van der Waals surface area contributed by atoms with Gasteiger partial charge in [0.25, 0.3) is 0 Å². The fraction of sp³-hybridized carbons (Fsp3) is 0.154. The Labute approximate surface area is 123 Å². The molecule has 2 N–H and O–H groups in total. The summed E-state index contributed by atoms with van der Waals surface area (Å²) in [5.41, 5.74) is 6.25. The van der Waals surface area contributed by atoms with Crippen LogP contribution in [0.5, 0.6) is 0 Å². The molecular weight excluding hydrogens is 309 g/mol.